The van der Waals surface area contributed by atoms with E-state index in [1.807, 2.05) is 51.1 Å². The summed E-state index contributed by atoms with van der Waals surface area (Å²) in [6, 6.07) is 9.45. The fourth-order valence-corrected chi connectivity index (χ4v) is 4.48. The number of carbonyl (C=O) groups is 3. The average molecular weight is 447 g/mol. The normalized spacial score (nSPS) is 23.2. The van der Waals surface area contributed by atoms with E-state index >= 15 is 0 Å². The van der Waals surface area contributed by atoms with Gasteiger partial charge in [0.1, 0.15) is 12.2 Å². The Labute approximate surface area is 189 Å². The van der Waals surface area contributed by atoms with E-state index < -0.39 is 23.2 Å². The Morgan fingerprint density at radius 3 is 2.38 bits per heavy atom. The first kappa shape index (κ1) is 23.9. The van der Waals surface area contributed by atoms with Crippen molar-refractivity contribution in [1.29, 1.82) is 0 Å². The zero-order valence-corrected chi connectivity index (χ0v) is 19.5. The Hall–Kier alpha value is -2.77. The van der Waals surface area contributed by atoms with Gasteiger partial charge in [0, 0.05) is 32.1 Å². The quantitative estimate of drug-likeness (QED) is 0.516. The van der Waals surface area contributed by atoms with Gasteiger partial charge in [-0.15, -0.1) is 0 Å². The predicted octanol–water partition coefficient (Wildman–Crippen LogP) is 3.84. The van der Waals surface area contributed by atoms with E-state index in [1.54, 1.807) is 16.7 Å². The molecule has 2 heterocycles. The van der Waals surface area contributed by atoms with E-state index in [-0.39, 0.29) is 31.6 Å². The van der Waals surface area contributed by atoms with Crippen molar-refractivity contribution < 1.29 is 28.6 Å². The summed E-state index contributed by atoms with van der Waals surface area (Å²) in [6.07, 6.45) is 0.302. The number of fused-ring (bicyclic) bond motifs is 1. The molecule has 0 N–H and O–H groups in total. The number of carbonyl (C=O) groups excluding carboxylic acids is 3. The van der Waals surface area contributed by atoms with Crippen LogP contribution in [0.2, 0.25) is 0 Å². The molecule has 2 amide bonds. The van der Waals surface area contributed by atoms with Crippen LogP contribution in [0.4, 0.5) is 9.59 Å². The van der Waals surface area contributed by atoms with Gasteiger partial charge in [-0.3, -0.25) is 4.79 Å². The number of benzene rings is 1. The number of esters is 1. The van der Waals surface area contributed by atoms with Crippen LogP contribution in [0.3, 0.4) is 0 Å². The molecule has 0 spiro atoms. The number of rotatable bonds is 4. The molecule has 2 aliphatic rings. The molecule has 8 heteroatoms. The van der Waals surface area contributed by atoms with Gasteiger partial charge >= 0.3 is 18.2 Å². The molecule has 1 aromatic carbocycles. The fraction of sp³-hybridized carbons (Fsp3) is 0.625. The Morgan fingerprint density at radius 2 is 1.72 bits per heavy atom. The van der Waals surface area contributed by atoms with Gasteiger partial charge in [0.2, 0.25) is 0 Å². The SMILES string of the molecule is CCOC(=O)[C@]12CCCN(C(=O)OC(C)(C)C)C[C@H]1CN(C(=O)OCc1ccccc1)C2. The maximum Gasteiger partial charge on any atom is 0.410 e. The van der Waals surface area contributed by atoms with Gasteiger partial charge in [-0.1, -0.05) is 30.3 Å². The summed E-state index contributed by atoms with van der Waals surface area (Å²) in [6.45, 7) is 9.06. The van der Waals surface area contributed by atoms with Crippen LogP contribution in [0.5, 0.6) is 0 Å². The topological polar surface area (TPSA) is 85.4 Å². The summed E-state index contributed by atoms with van der Waals surface area (Å²) in [5.74, 6) is -0.560. The first-order valence-electron chi connectivity index (χ1n) is 11.3. The molecule has 0 bridgehead atoms. The molecule has 3 rings (SSSR count). The van der Waals surface area contributed by atoms with Gasteiger partial charge in [0.05, 0.1) is 12.0 Å². The largest absolute Gasteiger partial charge is 0.466 e. The molecule has 2 aliphatic heterocycles. The highest BCUT2D eigenvalue weighted by Crippen LogP contribution is 2.44. The summed E-state index contributed by atoms with van der Waals surface area (Å²) >= 11 is 0. The molecule has 8 nitrogen and oxygen atoms in total. The van der Waals surface area contributed by atoms with Gasteiger partial charge in [0.25, 0.3) is 0 Å². The van der Waals surface area contributed by atoms with Crippen molar-refractivity contribution in [3.8, 4) is 0 Å². The third kappa shape index (κ3) is 5.53. The zero-order valence-electron chi connectivity index (χ0n) is 19.5. The number of likely N-dealkylation sites (tertiary alicyclic amines) is 2. The second kappa shape index (κ2) is 9.79. The first-order valence-corrected chi connectivity index (χ1v) is 11.3. The van der Waals surface area contributed by atoms with Crippen molar-refractivity contribution >= 4 is 18.2 Å². The lowest BCUT2D eigenvalue weighted by molar-refractivity contribution is -0.157. The van der Waals surface area contributed by atoms with Crippen LogP contribution < -0.4 is 0 Å². The summed E-state index contributed by atoms with van der Waals surface area (Å²) in [4.78, 5) is 41.8. The number of amides is 2. The van der Waals surface area contributed by atoms with Crippen LogP contribution in [0.1, 0.15) is 46.1 Å². The van der Waals surface area contributed by atoms with E-state index in [0.717, 1.165) is 5.56 Å². The van der Waals surface area contributed by atoms with Crippen molar-refractivity contribution in [2.75, 3.05) is 32.8 Å². The highest BCUT2D eigenvalue weighted by Gasteiger charge is 2.56. The predicted molar refractivity (Wildman–Crippen MR) is 118 cm³/mol. The van der Waals surface area contributed by atoms with E-state index in [1.165, 1.54) is 0 Å². The van der Waals surface area contributed by atoms with Crippen LogP contribution in [-0.4, -0.2) is 66.3 Å². The number of hydrogen-bond donors (Lipinski definition) is 0. The Balaban J connectivity index is 1.74. The summed E-state index contributed by atoms with van der Waals surface area (Å²) in [5, 5.41) is 0. The second-order valence-electron chi connectivity index (χ2n) is 9.52. The van der Waals surface area contributed by atoms with E-state index in [9.17, 15) is 14.4 Å². The monoisotopic (exact) mass is 446 g/mol. The Morgan fingerprint density at radius 1 is 1.03 bits per heavy atom. The molecule has 0 aliphatic carbocycles. The smallest absolute Gasteiger partial charge is 0.410 e. The number of hydrogen-bond acceptors (Lipinski definition) is 6. The van der Waals surface area contributed by atoms with Crippen LogP contribution in [0, 0.1) is 11.3 Å². The van der Waals surface area contributed by atoms with Crippen molar-refractivity contribution in [2.24, 2.45) is 11.3 Å². The van der Waals surface area contributed by atoms with Crippen LogP contribution in [0.15, 0.2) is 30.3 Å². The van der Waals surface area contributed by atoms with E-state index in [0.29, 0.717) is 32.5 Å². The molecule has 2 saturated heterocycles. The van der Waals surface area contributed by atoms with E-state index in [4.69, 9.17) is 14.2 Å². The summed E-state index contributed by atoms with van der Waals surface area (Å²) in [5.41, 5.74) is -0.561. The number of nitrogens with zero attached hydrogens (tertiary/aromatic N) is 2. The molecule has 0 saturated carbocycles. The fourth-order valence-electron chi connectivity index (χ4n) is 4.48. The summed E-state index contributed by atoms with van der Waals surface area (Å²) in [7, 11) is 0. The van der Waals surface area contributed by atoms with Crippen molar-refractivity contribution in [3.63, 3.8) is 0 Å². The van der Waals surface area contributed by atoms with Gasteiger partial charge in [-0.05, 0) is 46.1 Å². The highest BCUT2D eigenvalue weighted by atomic mass is 16.6. The molecule has 0 unspecified atom stereocenters. The van der Waals surface area contributed by atoms with Gasteiger partial charge in [-0.2, -0.15) is 0 Å². The molecule has 2 fully saturated rings. The first-order chi connectivity index (χ1) is 15.1. The number of ether oxygens (including phenoxy) is 3. The highest BCUT2D eigenvalue weighted by molar-refractivity contribution is 5.80. The van der Waals surface area contributed by atoms with Gasteiger partial charge in [0.15, 0.2) is 0 Å². The Bertz CT molecular complexity index is 822. The van der Waals surface area contributed by atoms with Crippen LogP contribution >= 0.6 is 0 Å². The lowest BCUT2D eigenvalue weighted by atomic mass is 9.75. The third-order valence-corrected chi connectivity index (χ3v) is 5.98. The van der Waals surface area contributed by atoms with Crippen molar-refractivity contribution in [2.45, 2.75) is 52.7 Å². The molecular formula is C24H34N2O6. The van der Waals surface area contributed by atoms with Gasteiger partial charge < -0.3 is 24.0 Å². The molecule has 32 heavy (non-hydrogen) atoms. The lowest BCUT2D eigenvalue weighted by Crippen LogP contribution is -2.44. The molecule has 2 atom stereocenters. The van der Waals surface area contributed by atoms with Crippen LogP contribution in [0.25, 0.3) is 0 Å². The average Bonchev–Trinajstić information content (AvgIpc) is 3.00. The standard InChI is InChI=1S/C24H34N2O6/c1-5-30-20(27)24-12-9-13-25(22(29)32-23(2,3)4)14-19(24)15-26(17-24)21(28)31-16-18-10-7-6-8-11-18/h6-8,10-11,19H,5,9,12-17H2,1-4H3/t19-,24-/m0/s1. The Kier molecular flexibility index (Phi) is 7.31. The third-order valence-electron chi connectivity index (χ3n) is 5.98. The molecule has 176 valence electrons. The molecule has 1 aromatic rings. The van der Waals surface area contributed by atoms with Crippen LogP contribution in [-0.2, 0) is 25.6 Å². The maximum absolute atomic E-state index is 13.1. The molecule has 0 radical (unpaired) electrons. The van der Waals surface area contributed by atoms with Gasteiger partial charge in [-0.25, -0.2) is 9.59 Å². The minimum atomic E-state index is -0.849. The lowest BCUT2D eigenvalue weighted by Gasteiger charge is -2.31. The second-order valence-corrected chi connectivity index (χ2v) is 9.52. The molecular weight excluding hydrogens is 412 g/mol. The minimum absolute atomic E-state index is 0.164. The molecule has 0 aromatic heterocycles. The van der Waals surface area contributed by atoms with Crippen molar-refractivity contribution in [1.82, 2.24) is 9.80 Å². The minimum Gasteiger partial charge on any atom is -0.466 e. The van der Waals surface area contributed by atoms with E-state index in [2.05, 4.69) is 0 Å². The zero-order chi connectivity index (χ0) is 23.4. The maximum atomic E-state index is 13.1. The summed E-state index contributed by atoms with van der Waals surface area (Å²) < 4.78 is 16.5. The van der Waals surface area contributed by atoms with Crippen molar-refractivity contribution in [3.05, 3.63) is 35.9 Å².